The molecule has 0 fully saturated rings. The molecule has 2 N–H and O–H groups in total. The first-order valence-electron chi connectivity index (χ1n) is 5.62. The average Bonchev–Trinajstić information content (AvgIpc) is 2.66. The van der Waals surface area contributed by atoms with Gasteiger partial charge in [0.25, 0.3) is 0 Å². The van der Waals surface area contributed by atoms with E-state index in [0.717, 1.165) is 28.4 Å². The summed E-state index contributed by atoms with van der Waals surface area (Å²) in [5.41, 5.74) is 0.322. The van der Waals surface area contributed by atoms with Gasteiger partial charge >= 0.3 is 5.69 Å². The predicted octanol–water partition coefficient (Wildman–Crippen LogP) is 2.47. The highest BCUT2D eigenvalue weighted by Crippen LogP contribution is 2.40. The van der Waals surface area contributed by atoms with E-state index in [1.165, 1.54) is 23.5 Å². The van der Waals surface area contributed by atoms with Crippen molar-refractivity contribution >= 4 is 38.8 Å². The molecular formula is C11H11N3O4S3. The third kappa shape index (κ3) is 3.40. The third-order valence-corrected chi connectivity index (χ3v) is 5.78. The lowest BCUT2D eigenvalue weighted by atomic mass is 10.3. The molecule has 0 unspecified atom stereocenters. The number of para-hydroxylation sites is 1. The molecule has 10 heteroatoms. The largest absolute Gasteiger partial charge is 0.303 e. The van der Waals surface area contributed by atoms with Gasteiger partial charge in [-0.2, -0.15) is 0 Å². The van der Waals surface area contributed by atoms with E-state index in [0.29, 0.717) is 4.34 Å². The van der Waals surface area contributed by atoms with Crippen molar-refractivity contribution in [2.24, 2.45) is 5.14 Å². The predicted molar refractivity (Wildman–Crippen MR) is 80.2 cm³/mol. The van der Waals surface area contributed by atoms with Crippen LogP contribution in [0.3, 0.4) is 0 Å². The van der Waals surface area contributed by atoms with Crippen LogP contribution >= 0.6 is 23.1 Å². The fourth-order valence-electron chi connectivity index (χ4n) is 1.58. The Bertz CT molecular complexity index is 795. The van der Waals surface area contributed by atoms with Gasteiger partial charge in [0.1, 0.15) is 0 Å². The molecule has 0 aliphatic carbocycles. The number of nitro benzene ring substituents is 1. The van der Waals surface area contributed by atoms with E-state index in [1.807, 2.05) is 13.8 Å². The van der Waals surface area contributed by atoms with Crippen LogP contribution in [0.1, 0.15) is 10.6 Å². The number of hydrogen-bond acceptors (Lipinski definition) is 7. The van der Waals surface area contributed by atoms with E-state index >= 15 is 0 Å². The number of primary sulfonamides is 1. The molecule has 7 nitrogen and oxygen atoms in total. The number of sulfonamides is 1. The van der Waals surface area contributed by atoms with Crippen LogP contribution in [0.25, 0.3) is 0 Å². The Labute approximate surface area is 129 Å². The van der Waals surface area contributed by atoms with Crippen molar-refractivity contribution < 1.29 is 13.3 Å². The molecule has 2 rings (SSSR count). The summed E-state index contributed by atoms with van der Waals surface area (Å²) in [6.45, 7) is 3.73. The molecule has 0 atom stereocenters. The second-order valence-electron chi connectivity index (χ2n) is 4.13. The van der Waals surface area contributed by atoms with Crippen molar-refractivity contribution in [1.29, 1.82) is 0 Å². The molecule has 0 aliphatic heterocycles. The Morgan fingerprint density at radius 2 is 2.05 bits per heavy atom. The molecule has 21 heavy (non-hydrogen) atoms. The number of thiazole rings is 1. The van der Waals surface area contributed by atoms with E-state index in [9.17, 15) is 18.5 Å². The normalized spacial score (nSPS) is 11.6. The van der Waals surface area contributed by atoms with Gasteiger partial charge in [0, 0.05) is 4.88 Å². The van der Waals surface area contributed by atoms with Crippen LogP contribution in [0.5, 0.6) is 0 Å². The smallest absolute Gasteiger partial charge is 0.258 e. The van der Waals surface area contributed by atoms with Crippen molar-refractivity contribution in [1.82, 2.24) is 4.98 Å². The van der Waals surface area contributed by atoms with Crippen LogP contribution in [-0.4, -0.2) is 18.3 Å². The molecule has 0 saturated heterocycles. The topological polar surface area (TPSA) is 116 Å². The van der Waals surface area contributed by atoms with Crippen LogP contribution in [0.2, 0.25) is 0 Å². The second kappa shape index (κ2) is 5.72. The van der Waals surface area contributed by atoms with E-state index < -0.39 is 25.5 Å². The lowest BCUT2D eigenvalue weighted by Crippen LogP contribution is -2.14. The van der Waals surface area contributed by atoms with Gasteiger partial charge in [0.05, 0.1) is 15.5 Å². The minimum absolute atomic E-state index is 0.195. The number of aromatic nitrogens is 1. The van der Waals surface area contributed by atoms with Gasteiger partial charge in [-0.3, -0.25) is 10.1 Å². The van der Waals surface area contributed by atoms with Crippen LogP contribution in [0.15, 0.2) is 32.3 Å². The quantitative estimate of drug-likeness (QED) is 0.672. The highest BCUT2D eigenvalue weighted by Gasteiger charge is 2.27. The number of rotatable bonds is 4. The van der Waals surface area contributed by atoms with E-state index in [4.69, 9.17) is 5.14 Å². The molecule has 1 aromatic heterocycles. The van der Waals surface area contributed by atoms with Gasteiger partial charge in [-0.25, -0.2) is 18.5 Å². The van der Waals surface area contributed by atoms with Gasteiger partial charge in [-0.05, 0) is 26.0 Å². The zero-order valence-corrected chi connectivity index (χ0v) is 13.5. The third-order valence-electron chi connectivity index (χ3n) is 2.66. The lowest BCUT2D eigenvalue weighted by molar-refractivity contribution is -0.390. The summed E-state index contributed by atoms with van der Waals surface area (Å²) in [5, 5.41) is 16.2. The molecule has 0 aliphatic rings. The van der Waals surface area contributed by atoms with E-state index in [2.05, 4.69) is 4.98 Å². The van der Waals surface area contributed by atoms with Gasteiger partial charge in [0.15, 0.2) is 9.24 Å². The summed E-state index contributed by atoms with van der Waals surface area (Å²) in [6, 6.07) is 4.02. The molecule has 1 heterocycles. The number of benzene rings is 1. The van der Waals surface area contributed by atoms with Crippen molar-refractivity contribution in [3.8, 4) is 0 Å². The number of nitrogens with two attached hydrogens (primary N) is 1. The lowest BCUT2D eigenvalue weighted by Gasteiger charge is -2.04. The molecule has 112 valence electrons. The second-order valence-corrected chi connectivity index (χ2v) is 8.15. The summed E-state index contributed by atoms with van der Waals surface area (Å²) >= 11 is 2.45. The molecule has 0 amide bonds. The van der Waals surface area contributed by atoms with Crippen molar-refractivity contribution in [2.75, 3.05) is 0 Å². The number of hydrogen-bond donors (Lipinski definition) is 1. The van der Waals surface area contributed by atoms with Crippen molar-refractivity contribution in [2.45, 2.75) is 28.0 Å². The molecular weight excluding hydrogens is 334 g/mol. The zero-order valence-electron chi connectivity index (χ0n) is 11.1. The summed E-state index contributed by atoms with van der Waals surface area (Å²) in [4.78, 5) is 15.4. The Balaban J connectivity index is 2.56. The maximum Gasteiger partial charge on any atom is 0.303 e. The molecule has 1 aromatic carbocycles. The highest BCUT2D eigenvalue weighted by atomic mass is 32.2. The van der Waals surface area contributed by atoms with Crippen molar-refractivity contribution in [3.05, 3.63) is 38.9 Å². The highest BCUT2D eigenvalue weighted by molar-refractivity contribution is 8.01. The van der Waals surface area contributed by atoms with Gasteiger partial charge < -0.3 is 0 Å². The number of nitro groups is 1. The number of nitrogens with zero attached hydrogens (tertiary/aromatic N) is 2. The summed E-state index contributed by atoms with van der Waals surface area (Å²) < 4.78 is 23.6. The fourth-order valence-corrected chi connectivity index (χ4v) is 4.61. The van der Waals surface area contributed by atoms with E-state index in [1.54, 1.807) is 0 Å². The summed E-state index contributed by atoms with van der Waals surface area (Å²) in [5.74, 6) is 0. The molecule has 0 saturated carbocycles. The first-order valence-corrected chi connectivity index (χ1v) is 8.80. The summed E-state index contributed by atoms with van der Waals surface area (Å²) in [6.07, 6.45) is 0. The fraction of sp³-hybridized carbons (Fsp3) is 0.182. The Hall–Kier alpha value is -1.49. The summed E-state index contributed by atoms with van der Waals surface area (Å²) in [7, 11) is -4.17. The van der Waals surface area contributed by atoms with E-state index in [-0.39, 0.29) is 4.90 Å². The average molecular weight is 345 g/mol. The standard InChI is InChI=1S/C11H11N3O4S3/c1-6-7(2)19-11(13-6)20-8-4-3-5-9(21(12,17)18)10(8)14(15)16/h3-5H,1-2H3,(H2,12,17,18). The van der Waals surface area contributed by atoms with Gasteiger partial charge in [-0.15, -0.1) is 11.3 Å². The maximum absolute atomic E-state index is 11.5. The first kappa shape index (κ1) is 15.9. The number of aryl methyl sites for hydroxylation is 2. The van der Waals surface area contributed by atoms with Gasteiger partial charge in [-0.1, -0.05) is 17.8 Å². The monoisotopic (exact) mass is 345 g/mol. The zero-order chi connectivity index (χ0) is 15.8. The minimum Gasteiger partial charge on any atom is -0.258 e. The van der Waals surface area contributed by atoms with Crippen LogP contribution in [0.4, 0.5) is 5.69 Å². The molecule has 0 radical (unpaired) electrons. The van der Waals surface area contributed by atoms with Crippen LogP contribution in [-0.2, 0) is 10.0 Å². The maximum atomic E-state index is 11.5. The van der Waals surface area contributed by atoms with Crippen molar-refractivity contribution in [3.63, 3.8) is 0 Å². The van der Waals surface area contributed by atoms with Gasteiger partial charge in [0.2, 0.25) is 10.0 Å². The Morgan fingerprint density at radius 3 is 2.52 bits per heavy atom. The Morgan fingerprint density at radius 1 is 1.38 bits per heavy atom. The molecule has 0 bridgehead atoms. The molecule has 2 aromatic rings. The molecule has 0 spiro atoms. The van der Waals surface area contributed by atoms with Crippen LogP contribution < -0.4 is 5.14 Å². The Kier molecular flexibility index (Phi) is 4.33. The first-order chi connectivity index (χ1) is 9.70. The van der Waals surface area contributed by atoms with Crippen LogP contribution in [0, 0.1) is 24.0 Å². The minimum atomic E-state index is -4.17. The SMILES string of the molecule is Cc1nc(Sc2cccc(S(N)(=O)=O)c2[N+](=O)[O-])sc1C.